The number of aryl methyl sites for hydroxylation is 1. The maximum Gasteiger partial charge on any atom is 0.271 e. The van der Waals surface area contributed by atoms with Gasteiger partial charge in [0.1, 0.15) is 4.21 Å². The SMILES string of the molecule is Cc1ccc(S(=O)(=O)Nc2ccc(-c3ccc(N4CCCC4)nn3)cc2)s1. The Morgan fingerprint density at radius 2 is 1.70 bits per heavy atom. The molecular formula is C19H20N4O2S2. The van der Waals surface area contributed by atoms with Crippen LogP contribution in [0.4, 0.5) is 11.5 Å². The summed E-state index contributed by atoms with van der Waals surface area (Å²) in [5, 5.41) is 8.65. The molecule has 0 radical (unpaired) electrons. The average Bonchev–Trinajstić information content (AvgIpc) is 3.34. The molecule has 3 heterocycles. The molecule has 4 rings (SSSR count). The highest BCUT2D eigenvalue weighted by atomic mass is 32.2. The summed E-state index contributed by atoms with van der Waals surface area (Å²) in [5.41, 5.74) is 2.18. The number of sulfonamides is 1. The summed E-state index contributed by atoms with van der Waals surface area (Å²) in [6, 6.07) is 14.5. The van der Waals surface area contributed by atoms with Crippen molar-refractivity contribution in [2.45, 2.75) is 24.0 Å². The van der Waals surface area contributed by atoms with E-state index in [2.05, 4.69) is 19.8 Å². The van der Waals surface area contributed by atoms with Gasteiger partial charge in [-0.1, -0.05) is 12.1 Å². The maximum absolute atomic E-state index is 12.4. The van der Waals surface area contributed by atoms with Crippen molar-refractivity contribution in [2.24, 2.45) is 0 Å². The fraction of sp³-hybridized carbons (Fsp3) is 0.263. The van der Waals surface area contributed by atoms with Crippen LogP contribution in [0, 0.1) is 6.92 Å². The molecule has 1 fully saturated rings. The summed E-state index contributed by atoms with van der Waals surface area (Å²) >= 11 is 1.25. The molecule has 1 N–H and O–H groups in total. The normalized spacial score (nSPS) is 14.5. The molecule has 1 aliphatic rings. The first-order chi connectivity index (χ1) is 13.0. The number of nitrogens with one attached hydrogen (secondary N) is 1. The summed E-state index contributed by atoms with van der Waals surface area (Å²) in [4.78, 5) is 3.20. The first-order valence-corrected chi connectivity index (χ1v) is 11.1. The van der Waals surface area contributed by atoms with Crippen LogP contribution in [-0.2, 0) is 10.0 Å². The van der Waals surface area contributed by atoms with Crippen LogP contribution >= 0.6 is 11.3 Å². The monoisotopic (exact) mass is 400 g/mol. The minimum Gasteiger partial charge on any atom is -0.355 e. The molecule has 0 bridgehead atoms. The van der Waals surface area contributed by atoms with Crippen LogP contribution in [0.5, 0.6) is 0 Å². The first kappa shape index (κ1) is 17.9. The zero-order valence-corrected chi connectivity index (χ0v) is 16.6. The van der Waals surface area contributed by atoms with Crippen molar-refractivity contribution in [3.63, 3.8) is 0 Å². The average molecular weight is 401 g/mol. The summed E-state index contributed by atoms with van der Waals surface area (Å²) in [5.74, 6) is 0.909. The zero-order chi connectivity index (χ0) is 18.9. The highest BCUT2D eigenvalue weighted by Crippen LogP contribution is 2.25. The van der Waals surface area contributed by atoms with Gasteiger partial charge in [-0.25, -0.2) is 8.42 Å². The first-order valence-electron chi connectivity index (χ1n) is 8.80. The topological polar surface area (TPSA) is 75.2 Å². The Balaban J connectivity index is 1.48. The lowest BCUT2D eigenvalue weighted by Crippen LogP contribution is -2.19. The number of nitrogens with zero attached hydrogens (tertiary/aromatic N) is 3. The second-order valence-corrected chi connectivity index (χ2v) is 9.72. The second-order valence-electron chi connectivity index (χ2n) is 6.52. The minimum absolute atomic E-state index is 0.312. The fourth-order valence-corrected chi connectivity index (χ4v) is 5.41. The lowest BCUT2D eigenvalue weighted by Gasteiger charge is -2.15. The summed E-state index contributed by atoms with van der Waals surface area (Å²) in [6.45, 7) is 3.95. The van der Waals surface area contributed by atoms with E-state index in [4.69, 9.17) is 0 Å². The van der Waals surface area contributed by atoms with Crippen molar-refractivity contribution in [1.29, 1.82) is 0 Å². The third kappa shape index (κ3) is 3.96. The largest absolute Gasteiger partial charge is 0.355 e. The smallest absolute Gasteiger partial charge is 0.271 e. The van der Waals surface area contributed by atoms with Gasteiger partial charge in [0.2, 0.25) is 0 Å². The van der Waals surface area contributed by atoms with E-state index in [9.17, 15) is 8.42 Å². The van der Waals surface area contributed by atoms with Crippen LogP contribution in [0.15, 0.2) is 52.7 Å². The summed E-state index contributed by atoms with van der Waals surface area (Å²) in [6.07, 6.45) is 2.40. The van der Waals surface area contributed by atoms with Gasteiger partial charge in [0.25, 0.3) is 10.0 Å². The second kappa shape index (κ2) is 7.28. The van der Waals surface area contributed by atoms with Gasteiger partial charge in [0.05, 0.1) is 5.69 Å². The van der Waals surface area contributed by atoms with E-state index in [0.717, 1.165) is 35.0 Å². The molecule has 0 spiro atoms. The number of benzene rings is 1. The molecule has 1 aromatic carbocycles. The lowest BCUT2D eigenvalue weighted by atomic mass is 10.1. The van der Waals surface area contributed by atoms with Gasteiger partial charge < -0.3 is 4.90 Å². The molecule has 0 atom stereocenters. The Morgan fingerprint density at radius 3 is 2.30 bits per heavy atom. The van der Waals surface area contributed by atoms with E-state index in [1.807, 2.05) is 31.2 Å². The van der Waals surface area contributed by atoms with Crippen molar-refractivity contribution in [3.05, 3.63) is 53.4 Å². The maximum atomic E-state index is 12.4. The van der Waals surface area contributed by atoms with Gasteiger partial charge >= 0.3 is 0 Å². The Bertz CT molecular complexity index is 1020. The van der Waals surface area contributed by atoms with Gasteiger partial charge in [0, 0.05) is 29.2 Å². The highest BCUT2D eigenvalue weighted by molar-refractivity contribution is 7.94. The Kier molecular flexibility index (Phi) is 4.84. The van der Waals surface area contributed by atoms with Gasteiger partial charge in [-0.05, 0) is 56.2 Å². The van der Waals surface area contributed by atoms with Crippen molar-refractivity contribution < 1.29 is 8.42 Å². The van der Waals surface area contributed by atoms with E-state index >= 15 is 0 Å². The predicted molar refractivity (Wildman–Crippen MR) is 109 cm³/mol. The van der Waals surface area contributed by atoms with Crippen molar-refractivity contribution in [2.75, 3.05) is 22.7 Å². The Hall–Kier alpha value is -2.45. The molecule has 27 heavy (non-hydrogen) atoms. The van der Waals surface area contributed by atoms with E-state index in [0.29, 0.717) is 9.90 Å². The molecule has 2 aromatic heterocycles. The molecular weight excluding hydrogens is 380 g/mol. The summed E-state index contributed by atoms with van der Waals surface area (Å²) in [7, 11) is -3.55. The number of aromatic nitrogens is 2. The highest BCUT2D eigenvalue weighted by Gasteiger charge is 2.17. The van der Waals surface area contributed by atoms with Crippen LogP contribution < -0.4 is 9.62 Å². The van der Waals surface area contributed by atoms with Crippen LogP contribution in [0.3, 0.4) is 0 Å². The van der Waals surface area contributed by atoms with Crippen molar-refractivity contribution >= 4 is 32.9 Å². The van der Waals surface area contributed by atoms with Gasteiger partial charge in [-0.15, -0.1) is 21.5 Å². The number of anilines is 2. The standard InChI is InChI=1S/C19H20N4O2S2/c1-14-4-11-19(26-14)27(24,25)22-16-7-5-15(6-8-16)17-9-10-18(21-20-17)23-12-2-3-13-23/h4-11,22H,2-3,12-13H2,1H3. The molecule has 0 aliphatic carbocycles. The third-order valence-electron chi connectivity index (χ3n) is 4.49. The molecule has 0 unspecified atom stereocenters. The number of thiophene rings is 1. The quantitative estimate of drug-likeness (QED) is 0.703. The number of hydrogen-bond acceptors (Lipinski definition) is 6. The Labute approximate surface area is 162 Å². The van der Waals surface area contributed by atoms with Crippen molar-refractivity contribution in [1.82, 2.24) is 10.2 Å². The summed E-state index contributed by atoms with van der Waals surface area (Å²) < 4.78 is 27.7. The third-order valence-corrected chi connectivity index (χ3v) is 7.37. The van der Waals surface area contributed by atoms with E-state index in [-0.39, 0.29) is 0 Å². The fourth-order valence-electron chi connectivity index (χ4n) is 3.07. The molecule has 0 amide bonds. The van der Waals surface area contributed by atoms with E-state index < -0.39 is 10.0 Å². The van der Waals surface area contributed by atoms with Crippen LogP contribution in [0.1, 0.15) is 17.7 Å². The molecule has 1 saturated heterocycles. The van der Waals surface area contributed by atoms with E-state index in [1.54, 1.807) is 24.3 Å². The van der Waals surface area contributed by atoms with Gasteiger partial charge in [-0.3, -0.25) is 4.72 Å². The zero-order valence-electron chi connectivity index (χ0n) is 14.9. The number of hydrogen-bond donors (Lipinski definition) is 1. The molecule has 8 heteroatoms. The van der Waals surface area contributed by atoms with Crippen LogP contribution in [0.2, 0.25) is 0 Å². The lowest BCUT2D eigenvalue weighted by molar-refractivity contribution is 0.603. The van der Waals surface area contributed by atoms with Crippen LogP contribution in [0.25, 0.3) is 11.3 Å². The molecule has 1 aliphatic heterocycles. The van der Waals surface area contributed by atoms with Gasteiger partial charge in [0.15, 0.2) is 5.82 Å². The van der Waals surface area contributed by atoms with Crippen LogP contribution in [-0.4, -0.2) is 31.7 Å². The molecule has 0 saturated carbocycles. The van der Waals surface area contributed by atoms with Crippen molar-refractivity contribution in [3.8, 4) is 11.3 Å². The predicted octanol–water partition coefficient (Wildman–Crippen LogP) is 3.91. The molecule has 6 nitrogen and oxygen atoms in total. The molecule has 140 valence electrons. The van der Waals surface area contributed by atoms with Gasteiger partial charge in [-0.2, -0.15) is 0 Å². The number of rotatable bonds is 5. The minimum atomic E-state index is -3.55. The Morgan fingerprint density at radius 1 is 0.963 bits per heavy atom. The van der Waals surface area contributed by atoms with E-state index in [1.165, 1.54) is 24.2 Å². The molecule has 3 aromatic rings.